The molecule has 0 saturated carbocycles. The number of rotatable bonds is 5. The summed E-state index contributed by atoms with van der Waals surface area (Å²) in [6.45, 7) is 12.0. The van der Waals surface area contributed by atoms with Gasteiger partial charge in [0.1, 0.15) is 0 Å². The van der Waals surface area contributed by atoms with Gasteiger partial charge in [-0.05, 0) is 52.7 Å². The van der Waals surface area contributed by atoms with Gasteiger partial charge in [0.15, 0.2) is 0 Å². The third-order valence-corrected chi connectivity index (χ3v) is 4.59. The van der Waals surface area contributed by atoms with E-state index >= 15 is 0 Å². The molecule has 0 aliphatic rings. The van der Waals surface area contributed by atoms with Crippen LogP contribution in [0.15, 0.2) is 17.0 Å². The van der Waals surface area contributed by atoms with E-state index in [1.807, 2.05) is 20.8 Å². The van der Waals surface area contributed by atoms with Crippen molar-refractivity contribution >= 4 is 23.6 Å². The van der Waals surface area contributed by atoms with Gasteiger partial charge in [-0.25, -0.2) is 0 Å². The number of aryl methyl sites for hydroxylation is 3. The Morgan fingerprint density at radius 3 is 2.13 bits per heavy atom. The largest absolute Gasteiger partial charge is 0.350 e. The molecule has 128 valence electrons. The minimum atomic E-state index is -0.286. The number of carbonyl (C=O) groups excluding carboxylic acids is 2. The van der Waals surface area contributed by atoms with Gasteiger partial charge >= 0.3 is 0 Å². The molecule has 0 aromatic heterocycles. The molecular formula is C18H28N2O2S. The lowest BCUT2D eigenvalue weighted by Gasteiger charge is -2.23. The first kappa shape index (κ1) is 19.6. The van der Waals surface area contributed by atoms with Crippen LogP contribution in [0.4, 0.5) is 0 Å². The molecule has 1 aromatic carbocycles. The minimum absolute atomic E-state index is 0.0431. The number of hydrogen-bond donors (Lipinski definition) is 1. The van der Waals surface area contributed by atoms with Crippen LogP contribution in [0.25, 0.3) is 0 Å². The molecule has 1 rings (SSSR count). The van der Waals surface area contributed by atoms with E-state index in [4.69, 9.17) is 0 Å². The first-order chi connectivity index (χ1) is 10.5. The van der Waals surface area contributed by atoms with Gasteiger partial charge in [0.05, 0.1) is 12.3 Å². The van der Waals surface area contributed by atoms with Crippen molar-refractivity contribution in [1.29, 1.82) is 0 Å². The maximum absolute atomic E-state index is 12.2. The third kappa shape index (κ3) is 6.65. The summed E-state index contributed by atoms with van der Waals surface area (Å²) in [6, 6.07) is 4.25. The summed E-state index contributed by atoms with van der Waals surface area (Å²) >= 11 is 1.54. The summed E-state index contributed by atoms with van der Waals surface area (Å²) in [6.07, 6.45) is 0. The Bertz CT molecular complexity index is 568. The molecule has 4 nitrogen and oxygen atoms in total. The Morgan fingerprint density at radius 1 is 1.13 bits per heavy atom. The Labute approximate surface area is 144 Å². The Morgan fingerprint density at radius 2 is 1.65 bits per heavy atom. The summed E-state index contributed by atoms with van der Waals surface area (Å²) < 4.78 is 0. The normalized spacial score (nSPS) is 11.3. The summed E-state index contributed by atoms with van der Waals surface area (Å²) in [4.78, 5) is 26.7. The fourth-order valence-corrected chi connectivity index (χ4v) is 3.46. The number of carbonyl (C=O) groups is 2. The molecule has 0 fully saturated rings. The fraction of sp³-hybridized carbons (Fsp3) is 0.556. The second kappa shape index (κ2) is 7.86. The average Bonchev–Trinajstić information content (AvgIpc) is 2.34. The molecule has 1 N–H and O–H groups in total. The molecule has 2 amide bonds. The number of hydrogen-bond acceptors (Lipinski definition) is 3. The molecule has 0 saturated heterocycles. The maximum atomic E-state index is 12.2. The van der Waals surface area contributed by atoms with E-state index in [1.54, 1.807) is 7.05 Å². The lowest BCUT2D eigenvalue weighted by Crippen LogP contribution is -2.46. The van der Waals surface area contributed by atoms with Crippen molar-refractivity contribution < 1.29 is 9.59 Å². The quantitative estimate of drug-likeness (QED) is 0.841. The highest BCUT2D eigenvalue weighted by Gasteiger charge is 2.18. The summed E-state index contributed by atoms with van der Waals surface area (Å²) in [5.41, 5.74) is 3.32. The zero-order chi connectivity index (χ0) is 17.8. The molecular weight excluding hydrogens is 308 g/mol. The fourth-order valence-electron chi connectivity index (χ4n) is 2.40. The van der Waals surface area contributed by atoms with Crippen molar-refractivity contribution in [3.63, 3.8) is 0 Å². The van der Waals surface area contributed by atoms with E-state index in [2.05, 4.69) is 38.2 Å². The number of nitrogens with zero attached hydrogens (tertiary/aromatic N) is 1. The average molecular weight is 337 g/mol. The smallest absolute Gasteiger partial charge is 0.240 e. The molecule has 1 aromatic rings. The lowest BCUT2D eigenvalue weighted by atomic mass is 10.1. The van der Waals surface area contributed by atoms with Crippen molar-refractivity contribution in [2.24, 2.45) is 0 Å². The van der Waals surface area contributed by atoms with Crippen LogP contribution in [0.5, 0.6) is 0 Å². The Hall–Kier alpha value is -1.49. The Balaban J connectivity index is 2.58. The van der Waals surface area contributed by atoms with Crippen molar-refractivity contribution in [2.75, 3.05) is 19.3 Å². The van der Waals surface area contributed by atoms with Crippen molar-refractivity contribution in [3.8, 4) is 0 Å². The predicted octanol–water partition coefficient (Wildman–Crippen LogP) is 3.08. The monoisotopic (exact) mass is 336 g/mol. The number of nitrogens with one attached hydrogen (secondary N) is 1. The highest BCUT2D eigenvalue weighted by Crippen LogP contribution is 2.27. The maximum Gasteiger partial charge on any atom is 0.240 e. The third-order valence-electron chi connectivity index (χ3n) is 3.27. The van der Waals surface area contributed by atoms with Crippen molar-refractivity contribution in [3.05, 3.63) is 28.8 Å². The van der Waals surface area contributed by atoms with Gasteiger partial charge < -0.3 is 10.2 Å². The highest BCUT2D eigenvalue weighted by molar-refractivity contribution is 8.00. The summed E-state index contributed by atoms with van der Waals surface area (Å²) in [7, 11) is 1.67. The molecule has 0 aliphatic carbocycles. The number of likely N-dealkylation sites (N-methyl/N-ethyl adjacent to an activating group) is 1. The van der Waals surface area contributed by atoms with Gasteiger partial charge in [-0.1, -0.05) is 17.7 Å². The van der Waals surface area contributed by atoms with E-state index in [1.165, 1.54) is 33.4 Å². The van der Waals surface area contributed by atoms with E-state index in [-0.39, 0.29) is 23.9 Å². The van der Waals surface area contributed by atoms with Crippen LogP contribution in [0.2, 0.25) is 0 Å². The molecule has 0 spiro atoms. The summed E-state index contributed by atoms with van der Waals surface area (Å²) in [5.74, 6) is 0.156. The predicted molar refractivity (Wildman–Crippen MR) is 96.9 cm³/mol. The van der Waals surface area contributed by atoms with Crippen LogP contribution in [-0.2, 0) is 9.59 Å². The van der Waals surface area contributed by atoms with Crippen LogP contribution in [0.1, 0.15) is 37.5 Å². The van der Waals surface area contributed by atoms with E-state index in [0.29, 0.717) is 5.75 Å². The molecule has 0 bridgehead atoms. The van der Waals surface area contributed by atoms with E-state index < -0.39 is 0 Å². The molecule has 0 heterocycles. The van der Waals surface area contributed by atoms with Crippen LogP contribution >= 0.6 is 11.8 Å². The zero-order valence-corrected chi connectivity index (χ0v) is 16.1. The molecule has 0 unspecified atom stereocenters. The van der Waals surface area contributed by atoms with E-state index in [9.17, 15) is 9.59 Å². The zero-order valence-electron chi connectivity index (χ0n) is 15.2. The van der Waals surface area contributed by atoms with E-state index in [0.717, 1.165) is 4.90 Å². The second-order valence-corrected chi connectivity index (χ2v) is 8.05. The number of thioether (sulfide) groups is 1. The van der Waals surface area contributed by atoms with Crippen LogP contribution in [-0.4, -0.2) is 41.6 Å². The van der Waals surface area contributed by atoms with Gasteiger partial charge in [-0.3, -0.25) is 9.59 Å². The topological polar surface area (TPSA) is 49.4 Å². The van der Waals surface area contributed by atoms with Gasteiger partial charge in [0, 0.05) is 17.5 Å². The molecule has 0 aliphatic heterocycles. The van der Waals surface area contributed by atoms with Crippen LogP contribution in [0.3, 0.4) is 0 Å². The molecule has 23 heavy (non-hydrogen) atoms. The molecule has 0 atom stereocenters. The lowest BCUT2D eigenvalue weighted by molar-refractivity contribution is -0.133. The first-order valence-electron chi connectivity index (χ1n) is 7.75. The van der Waals surface area contributed by atoms with Crippen molar-refractivity contribution in [2.45, 2.75) is 52.0 Å². The van der Waals surface area contributed by atoms with Crippen LogP contribution in [0, 0.1) is 20.8 Å². The number of benzene rings is 1. The SMILES string of the molecule is Cc1cc(C)c(SCC(=O)N(C)CC(=O)NC(C)(C)C)c(C)c1. The van der Waals surface area contributed by atoms with Gasteiger partial charge in [-0.2, -0.15) is 0 Å². The summed E-state index contributed by atoms with van der Waals surface area (Å²) in [5, 5.41) is 2.86. The molecule has 5 heteroatoms. The van der Waals surface area contributed by atoms with Gasteiger partial charge in [-0.15, -0.1) is 11.8 Å². The minimum Gasteiger partial charge on any atom is -0.350 e. The van der Waals surface area contributed by atoms with Gasteiger partial charge in [0.2, 0.25) is 11.8 Å². The molecule has 0 radical (unpaired) electrons. The first-order valence-corrected chi connectivity index (χ1v) is 8.74. The Kier molecular flexibility index (Phi) is 6.69. The number of amides is 2. The second-order valence-electron chi connectivity index (χ2n) is 7.06. The van der Waals surface area contributed by atoms with Crippen molar-refractivity contribution in [1.82, 2.24) is 10.2 Å². The van der Waals surface area contributed by atoms with Crippen LogP contribution < -0.4 is 5.32 Å². The van der Waals surface area contributed by atoms with Gasteiger partial charge in [0.25, 0.3) is 0 Å². The highest BCUT2D eigenvalue weighted by atomic mass is 32.2. The standard InChI is InChI=1S/C18H28N2O2S/c1-12-8-13(2)17(14(3)9-12)23-11-16(22)20(7)10-15(21)19-18(4,5)6/h8-9H,10-11H2,1-7H3,(H,19,21).